The summed E-state index contributed by atoms with van der Waals surface area (Å²) in [4.78, 5) is 20.9. The predicted molar refractivity (Wildman–Crippen MR) is 36.7 cm³/mol. The number of Topliss-reactive ketones (excluding diaryl/α,β-unsaturated/α-hetero) is 2. The van der Waals surface area contributed by atoms with E-state index in [1.54, 1.807) is 0 Å². The van der Waals surface area contributed by atoms with Gasteiger partial charge in [0.2, 0.25) is 0 Å². The Hall–Kier alpha value is -0.141. The molecule has 0 bridgehead atoms. The normalized spacial score (nSPS) is 9.78. The predicted octanol–water partition coefficient (Wildman–Crippen LogP) is 0.705. The Morgan fingerprint density at radius 1 is 1.22 bits per heavy atom. The van der Waals surface area contributed by atoms with Crippen molar-refractivity contribution in [3.05, 3.63) is 0 Å². The van der Waals surface area contributed by atoms with Gasteiger partial charge < -0.3 is 0 Å². The van der Waals surface area contributed by atoms with Crippen molar-refractivity contribution in [3.8, 4) is 0 Å². The molecule has 0 aliphatic heterocycles. The summed E-state index contributed by atoms with van der Waals surface area (Å²) >= 11 is 0.137. The summed E-state index contributed by atoms with van der Waals surface area (Å²) < 4.78 is 0. The second-order valence-corrected chi connectivity index (χ2v) is 3.82. The van der Waals surface area contributed by atoms with Crippen molar-refractivity contribution < 1.29 is 9.59 Å². The molecule has 0 aromatic rings. The summed E-state index contributed by atoms with van der Waals surface area (Å²) in [6, 6.07) is 0. The van der Waals surface area contributed by atoms with Gasteiger partial charge in [0.15, 0.2) is 0 Å². The van der Waals surface area contributed by atoms with Crippen LogP contribution in [0.1, 0.15) is 13.8 Å². The monoisotopic (exact) mass is 194 g/mol. The van der Waals surface area contributed by atoms with E-state index in [-0.39, 0.29) is 31.3 Å². The fourth-order valence-corrected chi connectivity index (χ4v) is 2.01. The molecule has 52 valence electrons. The van der Waals surface area contributed by atoms with Gasteiger partial charge in [-0.3, -0.25) is 0 Å². The van der Waals surface area contributed by atoms with E-state index in [1.807, 2.05) is 5.82 Å². The minimum atomic E-state index is -0.294. The van der Waals surface area contributed by atoms with Crippen LogP contribution in [0.3, 0.4) is 0 Å². The summed E-state index contributed by atoms with van der Waals surface area (Å²) in [6.07, 6.45) is 0. The molecular weight excluding hydrogens is 183 g/mol. The van der Waals surface area contributed by atoms with Crippen molar-refractivity contribution in [1.29, 1.82) is 0 Å². The second-order valence-electron chi connectivity index (χ2n) is 1.84. The molecule has 0 aromatic heterocycles. The van der Waals surface area contributed by atoms with Crippen molar-refractivity contribution in [2.75, 3.05) is 0 Å². The fraction of sp³-hybridized carbons (Fsp3) is 0.667. The summed E-state index contributed by atoms with van der Waals surface area (Å²) in [5.41, 5.74) is 0. The summed E-state index contributed by atoms with van der Waals surface area (Å²) in [7, 11) is 0. The molecule has 0 aliphatic rings. The summed E-state index contributed by atoms with van der Waals surface area (Å²) in [5, 5.41) is 0. The van der Waals surface area contributed by atoms with Gasteiger partial charge in [-0.15, -0.1) is 0 Å². The number of ketones is 2. The number of hydrogen-bond acceptors (Lipinski definition) is 2. The molecule has 3 heteroatoms. The Morgan fingerprint density at radius 3 is 1.56 bits per heavy atom. The van der Waals surface area contributed by atoms with E-state index >= 15 is 0 Å². The molecule has 0 unspecified atom stereocenters. The van der Waals surface area contributed by atoms with E-state index in [1.165, 1.54) is 13.8 Å². The first-order chi connectivity index (χ1) is 4.09. The molecule has 0 aromatic carbocycles. The maximum absolute atomic E-state index is 10.6. The Labute approximate surface area is 61.2 Å². The van der Waals surface area contributed by atoms with Gasteiger partial charge in [0.05, 0.1) is 0 Å². The van der Waals surface area contributed by atoms with Crippen LogP contribution in [0.4, 0.5) is 0 Å². The van der Waals surface area contributed by atoms with E-state index in [0.29, 0.717) is 0 Å². The summed E-state index contributed by atoms with van der Waals surface area (Å²) in [6.45, 7) is 2.94. The van der Waals surface area contributed by atoms with Crippen LogP contribution in [0.5, 0.6) is 0 Å². The number of carbonyl (C=O) groups is 2. The first-order valence-corrected chi connectivity index (χ1v) is 5.33. The average molecular weight is 193 g/mol. The topological polar surface area (TPSA) is 34.1 Å². The van der Waals surface area contributed by atoms with Crippen LogP contribution in [0.15, 0.2) is 0 Å². The van der Waals surface area contributed by atoms with Crippen LogP contribution in [-0.4, -0.2) is 26.5 Å². The third kappa shape index (κ3) is 2.78. The van der Waals surface area contributed by atoms with Gasteiger partial charge in [-0.05, 0) is 0 Å². The van der Waals surface area contributed by atoms with Crippen molar-refractivity contribution in [3.63, 3.8) is 0 Å². The molecule has 0 spiro atoms. The molecule has 0 saturated carbocycles. The Morgan fingerprint density at radius 2 is 1.56 bits per heavy atom. The molecule has 0 radical (unpaired) electrons. The van der Waals surface area contributed by atoms with Gasteiger partial charge in [0.1, 0.15) is 0 Å². The van der Waals surface area contributed by atoms with Gasteiger partial charge in [-0.2, -0.15) is 0 Å². The molecule has 0 atom stereocenters. The standard InChI is InChI=1S/C6H10O2Se/c1-4(7)6(9-3)5(2)8/h6H,1-3H3. The Kier molecular flexibility index (Phi) is 3.74. The molecule has 0 N–H and O–H groups in total. The molecular formula is C6H10O2Se. The van der Waals surface area contributed by atoms with Gasteiger partial charge >= 0.3 is 60.6 Å². The molecule has 9 heavy (non-hydrogen) atoms. The third-order valence-electron chi connectivity index (χ3n) is 0.974. The Bertz CT molecular complexity index is 117. The van der Waals surface area contributed by atoms with E-state index < -0.39 is 0 Å². The van der Waals surface area contributed by atoms with Gasteiger partial charge in [-0.25, -0.2) is 0 Å². The van der Waals surface area contributed by atoms with Crippen molar-refractivity contribution in [2.24, 2.45) is 0 Å². The van der Waals surface area contributed by atoms with Gasteiger partial charge in [-0.1, -0.05) is 0 Å². The first kappa shape index (κ1) is 8.86. The molecule has 0 rings (SSSR count). The average Bonchev–Trinajstić information content (AvgIpc) is 1.64. The van der Waals surface area contributed by atoms with Crippen LogP contribution < -0.4 is 0 Å². The fourth-order valence-electron chi connectivity index (χ4n) is 0.618. The van der Waals surface area contributed by atoms with E-state index in [2.05, 4.69) is 0 Å². The van der Waals surface area contributed by atoms with Crippen LogP contribution in [0, 0.1) is 0 Å². The minimum absolute atomic E-state index is 0.00463. The van der Waals surface area contributed by atoms with Crippen molar-refractivity contribution >= 4 is 26.5 Å². The van der Waals surface area contributed by atoms with Gasteiger partial charge in [0.25, 0.3) is 0 Å². The van der Waals surface area contributed by atoms with Crippen LogP contribution in [0.25, 0.3) is 0 Å². The molecule has 0 amide bonds. The number of hydrogen-bond donors (Lipinski definition) is 0. The zero-order valence-corrected chi connectivity index (χ0v) is 7.52. The number of carbonyl (C=O) groups excluding carboxylic acids is 2. The van der Waals surface area contributed by atoms with Crippen LogP contribution in [-0.2, 0) is 9.59 Å². The molecule has 2 nitrogen and oxygen atoms in total. The number of rotatable bonds is 3. The SMILES string of the molecule is C[Se]C(C(C)=O)C(C)=O. The zero-order valence-electron chi connectivity index (χ0n) is 5.80. The van der Waals surface area contributed by atoms with Gasteiger partial charge in [0, 0.05) is 0 Å². The molecule has 0 fully saturated rings. The van der Waals surface area contributed by atoms with Crippen molar-refractivity contribution in [1.82, 2.24) is 0 Å². The van der Waals surface area contributed by atoms with E-state index in [0.717, 1.165) is 0 Å². The maximum atomic E-state index is 10.6. The van der Waals surface area contributed by atoms with Crippen LogP contribution >= 0.6 is 0 Å². The second kappa shape index (κ2) is 3.80. The van der Waals surface area contributed by atoms with E-state index in [4.69, 9.17) is 0 Å². The Balaban J connectivity index is 3.99. The molecule has 0 heterocycles. The van der Waals surface area contributed by atoms with Crippen molar-refractivity contribution in [2.45, 2.75) is 24.5 Å². The first-order valence-electron chi connectivity index (χ1n) is 2.63. The zero-order chi connectivity index (χ0) is 7.44. The van der Waals surface area contributed by atoms with E-state index in [9.17, 15) is 9.59 Å². The summed E-state index contributed by atoms with van der Waals surface area (Å²) in [5.74, 6) is 1.91. The van der Waals surface area contributed by atoms with Crippen LogP contribution in [0.2, 0.25) is 10.6 Å². The quantitative estimate of drug-likeness (QED) is 0.488. The molecule has 0 saturated heterocycles. The third-order valence-corrected chi connectivity index (χ3v) is 3.36. The molecule has 0 aliphatic carbocycles.